The molecule has 0 aromatic heterocycles. The average Bonchev–Trinajstić information content (AvgIpc) is 2.70. The Bertz CT molecular complexity index is 368. The summed E-state index contributed by atoms with van der Waals surface area (Å²) in [4.78, 5) is 0. The molecule has 1 aliphatic heterocycles. The number of ether oxygens (including phenoxy) is 4. The van der Waals surface area contributed by atoms with Crippen molar-refractivity contribution in [3.8, 4) is 11.8 Å². The van der Waals surface area contributed by atoms with Gasteiger partial charge >= 0.3 is 0 Å². The van der Waals surface area contributed by atoms with Gasteiger partial charge in [0.1, 0.15) is 12.9 Å². The lowest BCUT2D eigenvalue weighted by Gasteiger charge is -2.22. The highest BCUT2D eigenvalue weighted by Gasteiger charge is 2.13. The molecule has 1 aliphatic rings. The Morgan fingerprint density at radius 1 is 1.00 bits per heavy atom. The summed E-state index contributed by atoms with van der Waals surface area (Å²) >= 11 is 0. The van der Waals surface area contributed by atoms with E-state index in [0.29, 0.717) is 6.79 Å². The molecule has 0 N–H and O–H groups in total. The third kappa shape index (κ3) is 15.0. The summed E-state index contributed by atoms with van der Waals surface area (Å²) in [6.45, 7) is 4.16. The second-order valence-corrected chi connectivity index (χ2v) is 7.42. The van der Waals surface area contributed by atoms with Crippen molar-refractivity contribution in [3.05, 3.63) is 0 Å². The predicted molar refractivity (Wildman–Crippen MR) is 111 cm³/mol. The van der Waals surface area contributed by atoms with E-state index in [2.05, 4.69) is 18.8 Å². The van der Waals surface area contributed by atoms with Crippen molar-refractivity contribution in [2.24, 2.45) is 0 Å². The number of rotatable bonds is 16. The van der Waals surface area contributed by atoms with Crippen LogP contribution in [0.15, 0.2) is 0 Å². The largest absolute Gasteiger partial charge is 0.359 e. The summed E-state index contributed by atoms with van der Waals surface area (Å²) in [5.41, 5.74) is 0. The van der Waals surface area contributed by atoms with Crippen LogP contribution in [0.25, 0.3) is 0 Å². The third-order valence-corrected chi connectivity index (χ3v) is 4.86. The summed E-state index contributed by atoms with van der Waals surface area (Å²) < 4.78 is 22.1. The highest BCUT2D eigenvalue weighted by Crippen LogP contribution is 2.14. The minimum absolute atomic E-state index is 0.0149. The summed E-state index contributed by atoms with van der Waals surface area (Å²) in [7, 11) is 1.65. The molecule has 2 atom stereocenters. The molecule has 1 saturated heterocycles. The van der Waals surface area contributed by atoms with Gasteiger partial charge in [-0.15, -0.1) is 5.92 Å². The number of hydrogen-bond acceptors (Lipinski definition) is 4. The molecule has 1 unspecified atom stereocenters. The van der Waals surface area contributed by atoms with Gasteiger partial charge < -0.3 is 18.9 Å². The number of unbranched alkanes of at least 4 members (excludes halogenated alkanes) is 8. The molecule has 158 valence electrons. The maximum atomic E-state index is 5.78. The van der Waals surface area contributed by atoms with E-state index in [-0.39, 0.29) is 12.4 Å². The van der Waals surface area contributed by atoms with Crippen molar-refractivity contribution in [3.63, 3.8) is 0 Å². The predicted octanol–water partition coefficient (Wildman–Crippen LogP) is 5.83. The summed E-state index contributed by atoms with van der Waals surface area (Å²) in [5, 5.41) is 0. The van der Waals surface area contributed by atoms with Gasteiger partial charge in [-0.05, 0) is 44.9 Å². The highest BCUT2D eigenvalue weighted by molar-refractivity contribution is 5.05. The molecule has 0 aliphatic carbocycles. The highest BCUT2D eigenvalue weighted by atomic mass is 16.7. The lowest BCUT2D eigenvalue weighted by atomic mass is 10.1. The van der Waals surface area contributed by atoms with Gasteiger partial charge in [-0.1, -0.05) is 51.4 Å². The van der Waals surface area contributed by atoms with Crippen molar-refractivity contribution >= 4 is 0 Å². The smallest absolute Gasteiger partial charge is 0.157 e. The first-order valence-electron chi connectivity index (χ1n) is 11.2. The van der Waals surface area contributed by atoms with E-state index >= 15 is 0 Å². The first-order chi connectivity index (χ1) is 13.4. The van der Waals surface area contributed by atoms with Crippen molar-refractivity contribution in [2.75, 3.05) is 27.1 Å². The molecule has 27 heavy (non-hydrogen) atoms. The minimum atomic E-state index is -0.0274. The molecule has 0 spiro atoms. The van der Waals surface area contributed by atoms with Crippen LogP contribution in [0.5, 0.6) is 0 Å². The molecule has 0 saturated carbocycles. The van der Waals surface area contributed by atoms with Crippen LogP contribution in [-0.4, -0.2) is 39.5 Å². The topological polar surface area (TPSA) is 36.9 Å². The fourth-order valence-corrected chi connectivity index (χ4v) is 3.19. The van der Waals surface area contributed by atoms with E-state index in [1.54, 1.807) is 7.11 Å². The van der Waals surface area contributed by atoms with E-state index in [1.807, 2.05) is 0 Å². The van der Waals surface area contributed by atoms with Gasteiger partial charge in [0.15, 0.2) is 6.29 Å². The molecular formula is C23H42O4. The lowest BCUT2D eigenvalue weighted by molar-refractivity contribution is -0.163. The van der Waals surface area contributed by atoms with Crippen LogP contribution < -0.4 is 0 Å². The minimum Gasteiger partial charge on any atom is -0.359 e. The SMILES string of the molecule is CCCCCCCCCC#C[C@@H](CCCCOC1CCCCO1)OCOC. The Labute approximate surface area is 167 Å². The first-order valence-corrected chi connectivity index (χ1v) is 11.2. The number of methoxy groups -OCH3 is 1. The molecule has 0 amide bonds. The molecule has 4 nitrogen and oxygen atoms in total. The van der Waals surface area contributed by atoms with Gasteiger partial charge in [-0.2, -0.15) is 0 Å². The fourth-order valence-electron chi connectivity index (χ4n) is 3.19. The summed E-state index contributed by atoms with van der Waals surface area (Å²) in [5.74, 6) is 6.60. The second kappa shape index (κ2) is 18.7. The molecule has 0 bridgehead atoms. The molecule has 1 fully saturated rings. The molecule has 0 aromatic rings. The van der Waals surface area contributed by atoms with Crippen LogP contribution in [0, 0.1) is 11.8 Å². The Hall–Kier alpha value is -0.600. The molecule has 4 heteroatoms. The van der Waals surface area contributed by atoms with Gasteiger partial charge in [-0.25, -0.2) is 0 Å². The van der Waals surface area contributed by atoms with Crippen molar-refractivity contribution in [1.29, 1.82) is 0 Å². The standard InChI is InChI=1S/C23H42O4/c1-3-4-5-6-7-8-9-10-11-16-22(27-21-24-2)17-12-14-19-25-23-18-13-15-20-26-23/h22-23H,3-10,12-15,17-21H2,1-2H3/t22-,23?/m0/s1. The Morgan fingerprint density at radius 2 is 1.81 bits per heavy atom. The second-order valence-electron chi connectivity index (χ2n) is 7.42. The van der Waals surface area contributed by atoms with E-state index in [4.69, 9.17) is 18.9 Å². The van der Waals surface area contributed by atoms with Crippen LogP contribution >= 0.6 is 0 Å². The van der Waals surface area contributed by atoms with Crippen LogP contribution in [0.2, 0.25) is 0 Å². The van der Waals surface area contributed by atoms with E-state index < -0.39 is 0 Å². The fraction of sp³-hybridized carbons (Fsp3) is 0.913. The average molecular weight is 383 g/mol. The summed E-state index contributed by atoms with van der Waals surface area (Å²) in [6, 6.07) is 0. The van der Waals surface area contributed by atoms with Gasteiger partial charge in [-0.3, -0.25) is 0 Å². The van der Waals surface area contributed by atoms with Gasteiger partial charge in [0.25, 0.3) is 0 Å². The Morgan fingerprint density at radius 3 is 2.56 bits per heavy atom. The molecular weight excluding hydrogens is 340 g/mol. The molecule has 1 rings (SSSR count). The zero-order valence-corrected chi connectivity index (χ0v) is 17.8. The van der Waals surface area contributed by atoms with E-state index in [0.717, 1.165) is 51.7 Å². The summed E-state index contributed by atoms with van der Waals surface area (Å²) in [6.07, 6.45) is 16.6. The van der Waals surface area contributed by atoms with Gasteiger partial charge in [0.05, 0.1) is 0 Å². The normalized spacial score (nSPS) is 18.1. The third-order valence-electron chi connectivity index (χ3n) is 4.86. The zero-order valence-electron chi connectivity index (χ0n) is 17.8. The maximum absolute atomic E-state index is 5.78. The molecule has 1 heterocycles. The lowest BCUT2D eigenvalue weighted by Crippen LogP contribution is -2.22. The van der Waals surface area contributed by atoms with E-state index in [1.165, 1.54) is 51.4 Å². The van der Waals surface area contributed by atoms with Gasteiger partial charge in [0, 0.05) is 26.7 Å². The molecule has 0 radical (unpaired) electrons. The molecule has 0 aromatic carbocycles. The van der Waals surface area contributed by atoms with Crippen LogP contribution in [0.3, 0.4) is 0 Å². The Kier molecular flexibility index (Phi) is 17.0. The quantitative estimate of drug-likeness (QED) is 0.191. The van der Waals surface area contributed by atoms with E-state index in [9.17, 15) is 0 Å². The van der Waals surface area contributed by atoms with Crippen molar-refractivity contribution in [2.45, 2.75) is 109 Å². The van der Waals surface area contributed by atoms with Gasteiger partial charge in [0.2, 0.25) is 0 Å². The van der Waals surface area contributed by atoms with Crippen LogP contribution in [-0.2, 0) is 18.9 Å². The number of hydrogen-bond donors (Lipinski definition) is 0. The van der Waals surface area contributed by atoms with Crippen molar-refractivity contribution in [1.82, 2.24) is 0 Å². The zero-order chi connectivity index (χ0) is 19.4. The first kappa shape index (κ1) is 24.4. The van der Waals surface area contributed by atoms with Crippen LogP contribution in [0.1, 0.15) is 96.8 Å². The monoisotopic (exact) mass is 382 g/mol. The Balaban J connectivity index is 2.07. The maximum Gasteiger partial charge on any atom is 0.157 e. The van der Waals surface area contributed by atoms with Crippen LogP contribution in [0.4, 0.5) is 0 Å². The van der Waals surface area contributed by atoms with Crippen molar-refractivity contribution < 1.29 is 18.9 Å².